The summed E-state index contributed by atoms with van der Waals surface area (Å²) in [7, 11) is 4.73. The van der Waals surface area contributed by atoms with Crippen molar-refractivity contribution in [1.29, 1.82) is 0 Å². The van der Waals surface area contributed by atoms with E-state index in [-0.39, 0.29) is 0 Å². The van der Waals surface area contributed by atoms with E-state index in [1.54, 1.807) is 44.4 Å². The van der Waals surface area contributed by atoms with Gasteiger partial charge in [0.25, 0.3) is 0 Å². The standard InChI is InChI=1S/C18H18N4O3S/c1-23-14-10-16(25-3)15(24-2)9-13(14)11-19-22-17(20-21-18(22)26)12-7-5-4-6-8-12/h4-11H,1-3H3,(H,21,26). The maximum Gasteiger partial charge on any atom is 0.216 e. The first-order valence-corrected chi connectivity index (χ1v) is 8.16. The first-order chi connectivity index (χ1) is 12.7. The van der Waals surface area contributed by atoms with Crippen molar-refractivity contribution in [1.82, 2.24) is 14.9 Å². The van der Waals surface area contributed by atoms with Gasteiger partial charge in [-0.25, -0.2) is 5.10 Å². The molecule has 7 nitrogen and oxygen atoms in total. The molecule has 8 heteroatoms. The van der Waals surface area contributed by atoms with E-state index in [9.17, 15) is 0 Å². The number of benzene rings is 2. The van der Waals surface area contributed by atoms with Crippen LogP contribution < -0.4 is 14.2 Å². The highest BCUT2D eigenvalue weighted by atomic mass is 32.1. The second-order valence-electron chi connectivity index (χ2n) is 5.22. The Bertz CT molecular complexity index is 980. The zero-order valence-corrected chi connectivity index (χ0v) is 15.4. The van der Waals surface area contributed by atoms with E-state index in [0.29, 0.717) is 33.4 Å². The lowest BCUT2D eigenvalue weighted by Gasteiger charge is -2.11. The number of methoxy groups -OCH3 is 3. The number of aromatic nitrogens is 3. The minimum atomic E-state index is 0.388. The molecular formula is C18H18N4O3S. The molecule has 3 aromatic rings. The van der Waals surface area contributed by atoms with Crippen LogP contribution in [0.25, 0.3) is 11.4 Å². The lowest BCUT2D eigenvalue weighted by Crippen LogP contribution is -1.99. The number of nitrogens with zero attached hydrogens (tertiary/aromatic N) is 3. The Labute approximate surface area is 155 Å². The molecule has 1 N–H and O–H groups in total. The third kappa shape index (κ3) is 3.45. The van der Waals surface area contributed by atoms with Crippen LogP contribution in [0.2, 0.25) is 0 Å². The fraction of sp³-hybridized carbons (Fsp3) is 0.167. The fourth-order valence-electron chi connectivity index (χ4n) is 2.45. The minimum Gasteiger partial charge on any atom is -0.496 e. The van der Waals surface area contributed by atoms with Crippen molar-refractivity contribution in [3.05, 3.63) is 52.8 Å². The SMILES string of the molecule is COc1cc(OC)c(OC)cc1C=Nn1c(-c2ccccc2)n[nH]c1=S. The molecule has 0 saturated carbocycles. The summed E-state index contributed by atoms with van der Waals surface area (Å²) >= 11 is 5.29. The quantitative estimate of drug-likeness (QED) is 0.531. The van der Waals surface area contributed by atoms with Crippen LogP contribution in [0.15, 0.2) is 47.6 Å². The zero-order valence-electron chi connectivity index (χ0n) is 14.6. The molecule has 0 bridgehead atoms. The van der Waals surface area contributed by atoms with Crippen molar-refractivity contribution in [2.45, 2.75) is 0 Å². The third-order valence-corrected chi connectivity index (χ3v) is 3.99. The highest BCUT2D eigenvalue weighted by Gasteiger charge is 2.12. The smallest absolute Gasteiger partial charge is 0.216 e. The second-order valence-corrected chi connectivity index (χ2v) is 5.61. The molecule has 0 atom stereocenters. The van der Waals surface area contributed by atoms with Gasteiger partial charge in [-0.2, -0.15) is 14.9 Å². The van der Waals surface area contributed by atoms with Crippen LogP contribution in [0.1, 0.15) is 5.56 Å². The predicted octanol–water partition coefficient (Wildman–Crippen LogP) is 3.52. The summed E-state index contributed by atoms with van der Waals surface area (Å²) in [5, 5.41) is 11.5. The van der Waals surface area contributed by atoms with Gasteiger partial charge in [0.2, 0.25) is 4.77 Å². The maximum atomic E-state index is 5.42. The highest BCUT2D eigenvalue weighted by Crippen LogP contribution is 2.33. The topological polar surface area (TPSA) is 73.7 Å². The normalized spacial score (nSPS) is 10.9. The number of aromatic amines is 1. The van der Waals surface area contributed by atoms with Gasteiger partial charge in [0.1, 0.15) is 5.75 Å². The Morgan fingerprint density at radius 1 is 1.00 bits per heavy atom. The van der Waals surface area contributed by atoms with Gasteiger partial charge in [-0.05, 0) is 18.3 Å². The summed E-state index contributed by atoms with van der Waals surface area (Å²) in [6.45, 7) is 0. The van der Waals surface area contributed by atoms with Crippen molar-refractivity contribution in [2.24, 2.45) is 5.10 Å². The molecule has 134 valence electrons. The molecule has 3 rings (SSSR count). The molecule has 0 saturated heterocycles. The van der Waals surface area contributed by atoms with Crippen LogP contribution in [0.4, 0.5) is 0 Å². The van der Waals surface area contributed by atoms with Gasteiger partial charge in [-0.1, -0.05) is 30.3 Å². The van der Waals surface area contributed by atoms with Gasteiger partial charge in [-0.3, -0.25) is 0 Å². The van der Waals surface area contributed by atoms with Crippen molar-refractivity contribution in [3.8, 4) is 28.6 Å². The van der Waals surface area contributed by atoms with Crippen molar-refractivity contribution in [3.63, 3.8) is 0 Å². The average molecular weight is 370 g/mol. The van der Waals surface area contributed by atoms with Crippen molar-refractivity contribution in [2.75, 3.05) is 21.3 Å². The average Bonchev–Trinajstić information content (AvgIpc) is 3.06. The van der Waals surface area contributed by atoms with E-state index in [4.69, 9.17) is 26.4 Å². The van der Waals surface area contributed by atoms with Crippen molar-refractivity contribution >= 4 is 18.4 Å². The van der Waals surface area contributed by atoms with Crippen LogP contribution in [0.5, 0.6) is 17.2 Å². The zero-order chi connectivity index (χ0) is 18.5. The van der Waals surface area contributed by atoms with Crippen LogP contribution in [-0.4, -0.2) is 42.4 Å². The van der Waals surface area contributed by atoms with Gasteiger partial charge in [0.15, 0.2) is 17.3 Å². The van der Waals surface area contributed by atoms with Gasteiger partial charge >= 0.3 is 0 Å². The highest BCUT2D eigenvalue weighted by molar-refractivity contribution is 7.71. The van der Waals surface area contributed by atoms with E-state index >= 15 is 0 Å². The molecule has 0 aliphatic carbocycles. The molecule has 0 aliphatic rings. The van der Waals surface area contributed by atoms with Gasteiger partial charge in [-0.15, -0.1) is 0 Å². The van der Waals surface area contributed by atoms with E-state index < -0.39 is 0 Å². The predicted molar refractivity (Wildman–Crippen MR) is 102 cm³/mol. The van der Waals surface area contributed by atoms with E-state index in [1.165, 1.54) is 0 Å². The minimum absolute atomic E-state index is 0.388. The number of ether oxygens (including phenoxy) is 3. The summed E-state index contributed by atoms with van der Waals surface area (Å²) in [4.78, 5) is 0. The largest absolute Gasteiger partial charge is 0.496 e. The first kappa shape index (κ1) is 17.7. The Balaban J connectivity index is 2.04. The summed E-state index contributed by atoms with van der Waals surface area (Å²) in [5.41, 5.74) is 1.61. The van der Waals surface area contributed by atoms with Crippen molar-refractivity contribution < 1.29 is 14.2 Å². The lowest BCUT2D eigenvalue weighted by molar-refractivity contribution is 0.349. The third-order valence-electron chi connectivity index (χ3n) is 3.73. The molecule has 26 heavy (non-hydrogen) atoms. The molecule has 0 spiro atoms. The van der Waals surface area contributed by atoms with Gasteiger partial charge in [0, 0.05) is 17.2 Å². The summed E-state index contributed by atoms with van der Waals surface area (Å²) in [5.74, 6) is 2.37. The second kappa shape index (κ2) is 7.83. The monoisotopic (exact) mass is 370 g/mol. The molecule has 2 aromatic carbocycles. The number of H-pyrrole nitrogens is 1. The van der Waals surface area contributed by atoms with Crippen LogP contribution in [0, 0.1) is 4.77 Å². The molecule has 1 heterocycles. The summed E-state index contributed by atoms with van der Waals surface area (Å²) in [6.07, 6.45) is 1.64. The number of nitrogens with one attached hydrogen (secondary N) is 1. The van der Waals surface area contributed by atoms with E-state index in [2.05, 4.69) is 15.3 Å². The van der Waals surface area contributed by atoms with E-state index in [1.807, 2.05) is 30.3 Å². The first-order valence-electron chi connectivity index (χ1n) is 7.75. The van der Waals surface area contributed by atoms with Crippen LogP contribution in [0.3, 0.4) is 0 Å². The van der Waals surface area contributed by atoms with Crippen LogP contribution in [-0.2, 0) is 0 Å². The van der Waals surface area contributed by atoms with E-state index in [0.717, 1.165) is 5.56 Å². The Morgan fingerprint density at radius 3 is 2.31 bits per heavy atom. The van der Waals surface area contributed by atoms with Crippen LogP contribution >= 0.6 is 12.2 Å². The maximum absolute atomic E-state index is 5.42. The molecular weight excluding hydrogens is 352 g/mol. The molecule has 0 aliphatic heterocycles. The Hall–Kier alpha value is -3.13. The molecule has 1 aromatic heterocycles. The Morgan fingerprint density at radius 2 is 1.65 bits per heavy atom. The molecule has 0 radical (unpaired) electrons. The van der Waals surface area contributed by atoms with Gasteiger partial charge < -0.3 is 14.2 Å². The Kier molecular flexibility index (Phi) is 5.33. The molecule has 0 unspecified atom stereocenters. The van der Waals surface area contributed by atoms with Gasteiger partial charge in [0.05, 0.1) is 27.5 Å². The number of rotatable bonds is 6. The summed E-state index contributed by atoms with van der Waals surface area (Å²) in [6, 6.07) is 13.2. The molecule has 0 amide bonds. The molecule has 0 fully saturated rings. The lowest BCUT2D eigenvalue weighted by atomic mass is 10.2. The fourth-order valence-corrected chi connectivity index (χ4v) is 2.63. The number of hydrogen-bond acceptors (Lipinski definition) is 6. The number of hydrogen-bond donors (Lipinski definition) is 1. The summed E-state index contributed by atoms with van der Waals surface area (Å²) < 4.78 is 18.0.